The minimum atomic E-state index is 0.444. The van der Waals surface area contributed by atoms with E-state index in [1.807, 2.05) is 6.07 Å². The molecule has 0 atom stereocenters. The Labute approximate surface area is 116 Å². The van der Waals surface area contributed by atoms with Crippen molar-refractivity contribution in [2.45, 2.75) is 20.3 Å². The van der Waals surface area contributed by atoms with E-state index in [1.165, 1.54) is 10.1 Å². The van der Waals surface area contributed by atoms with Crippen LogP contribution in [0.1, 0.15) is 19.4 Å². The number of anilines is 1. The van der Waals surface area contributed by atoms with Gasteiger partial charge in [-0.2, -0.15) is 0 Å². The van der Waals surface area contributed by atoms with Crippen LogP contribution < -0.4 is 5.73 Å². The van der Waals surface area contributed by atoms with Gasteiger partial charge < -0.3 is 10.3 Å². The molecule has 0 unspecified atom stereocenters. The molecule has 0 saturated carbocycles. The Morgan fingerprint density at radius 2 is 2.11 bits per heavy atom. The van der Waals surface area contributed by atoms with Gasteiger partial charge in [0.2, 0.25) is 5.88 Å². The van der Waals surface area contributed by atoms with E-state index in [4.69, 9.17) is 10.3 Å². The lowest BCUT2D eigenvalue weighted by atomic mass is 9.99. The van der Waals surface area contributed by atoms with Crippen LogP contribution in [0.3, 0.4) is 0 Å². The Kier molecular flexibility index (Phi) is 3.03. The zero-order valence-electron chi connectivity index (χ0n) is 11.0. The maximum absolute atomic E-state index is 5.91. The molecule has 0 aliphatic rings. The van der Waals surface area contributed by atoms with Gasteiger partial charge in [-0.1, -0.05) is 37.2 Å². The highest BCUT2D eigenvalue weighted by molar-refractivity contribution is 7.17. The van der Waals surface area contributed by atoms with Crippen molar-refractivity contribution in [3.8, 4) is 11.3 Å². The minimum Gasteiger partial charge on any atom is -0.367 e. The maximum atomic E-state index is 5.91. The molecule has 19 heavy (non-hydrogen) atoms. The van der Waals surface area contributed by atoms with E-state index in [2.05, 4.69) is 42.6 Å². The summed E-state index contributed by atoms with van der Waals surface area (Å²) >= 11 is 1.72. The summed E-state index contributed by atoms with van der Waals surface area (Å²) in [4.78, 5) is 0. The third-order valence-electron chi connectivity index (χ3n) is 3.17. The Morgan fingerprint density at radius 3 is 2.89 bits per heavy atom. The number of benzene rings is 1. The van der Waals surface area contributed by atoms with E-state index in [0.717, 1.165) is 23.2 Å². The van der Waals surface area contributed by atoms with Crippen molar-refractivity contribution < 1.29 is 4.52 Å². The van der Waals surface area contributed by atoms with Gasteiger partial charge in [-0.25, -0.2) is 0 Å². The molecule has 0 radical (unpaired) electrons. The van der Waals surface area contributed by atoms with Crippen LogP contribution in [-0.2, 0) is 6.42 Å². The number of nitrogen functional groups attached to an aromatic ring is 1. The molecule has 2 aromatic heterocycles. The average Bonchev–Trinajstić information content (AvgIpc) is 2.94. The van der Waals surface area contributed by atoms with Crippen molar-refractivity contribution in [3.63, 3.8) is 0 Å². The van der Waals surface area contributed by atoms with E-state index < -0.39 is 0 Å². The maximum Gasteiger partial charge on any atom is 0.225 e. The lowest BCUT2D eigenvalue weighted by Gasteiger charge is -2.04. The molecule has 2 N–H and O–H groups in total. The first-order valence-corrected chi connectivity index (χ1v) is 7.25. The Hall–Kier alpha value is -1.81. The van der Waals surface area contributed by atoms with E-state index in [1.54, 1.807) is 11.3 Å². The van der Waals surface area contributed by atoms with Crippen molar-refractivity contribution in [3.05, 3.63) is 35.2 Å². The second-order valence-electron chi connectivity index (χ2n) is 5.12. The van der Waals surface area contributed by atoms with Crippen molar-refractivity contribution in [1.29, 1.82) is 0 Å². The lowest BCUT2D eigenvalue weighted by Crippen LogP contribution is -1.98. The summed E-state index contributed by atoms with van der Waals surface area (Å²) in [5.41, 5.74) is 8.95. The normalized spacial score (nSPS) is 11.5. The molecule has 3 aromatic rings. The van der Waals surface area contributed by atoms with Crippen LogP contribution in [0.4, 0.5) is 5.88 Å². The molecule has 0 aliphatic carbocycles. The number of thiophene rings is 1. The molecule has 3 rings (SSSR count). The summed E-state index contributed by atoms with van der Waals surface area (Å²) in [6, 6.07) is 8.33. The van der Waals surface area contributed by atoms with Gasteiger partial charge in [-0.15, -0.1) is 11.3 Å². The molecule has 0 bridgehead atoms. The summed E-state index contributed by atoms with van der Waals surface area (Å²) in [5.74, 6) is 0.962. The van der Waals surface area contributed by atoms with Gasteiger partial charge in [0.1, 0.15) is 5.69 Å². The van der Waals surface area contributed by atoms with Crippen LogP contribution in [-0.4, -0.2) is 5.16 Å². The van der Waals surface area contributed by atoms with Crippen molar-refractivity contribution in [2.24, 2.45) is 5.92 Å². The molecule has 3 nitrogen and oxygen atoms in total. The molecule has 0 saturated heterocycles. The summed E-state index contributed by atoms with van der Waals surface area (Å²) < 4.78 is 6.46. The molecule has 0 fully saturated rings. The van der Waals surface area contributed by atoms with Gasteiger partial charge in [0, 0.05) is 26.6 Å². The summed E-state index contributed by atoms with van der Waals surface area (Å²) in [6.45, 7) is 4.34. The van der Waals surface area contributed by atoms with E-state index >= 15 is 0 Å². The van der Waals surface area contributed by atoms with Crippen LogP contribution in [0, 0.1) is 5.92 Å². The predicted octanol–water partition coefficient (Wildman–Crippen LogP) is 4.34. The molecule has 1 aromatic carbocycles. The van der Waals surface area contributed by atoms with Gasteiger partial charge in [0.15, 0.2) is 0 Å². The number of hydrogen-bond donors (Lipinski definition) is 1. The summed E-state index contributed by atoms with van der Waals surface area (Å²) in [7, 11) is 0. The summed E-state index contributed by atoms with van der Waals surface area (Å²) in [5, 5.41) is 7.51. The van der Waals surface area contributed by atoms with Gasteiger partial charge >= 0.3 is 0 Å². The van der Waals surface area contributed by atoms with E-state index in [9.17, 15) is 0 Å². The third kappa shape index (κ3) is 2.12. The molecular weight excluding hydrogens is 256 g/mol. The quantitative estimate of drug-likeness (QED) is 0.771. The molecule has 4 heteroatoms. The first-order valence-electron chi connectivity index (χ1n) is 6.37. The fourth-order valence-electron chi connectivity index (χ4n) is 2.30. The monoisotopic (exact) mass is 272 g/mol. The van der Waals surface area contributed by atoms with E-state index in [0.29, 0.717) is 11.8 Å². The Morgan fingerprint density at radius 1 is 1.32 bits per heavy atom. The second-order valence-corrected chi connectivity index (χ2v) is 6.03. The van der Waals surface area contributed by atoms with Gasteiger partial charge in [0.05, 0.1) is 0 Å². The first kappa shape index (κ1) is 12.2. The molecule has 98 valence electrons. The highest BCUT2D eigenvalue weighted by Gasteiger charge is 2.19. The summed E-state index contributed by atoms with van der Waals surface area (Å²) in [6.07, 6.45) is 0.884. The first-order chi connectivity index (χ1) is 9.16. The molecule has 0 amide bonds. The minimum absolute atomic E-state index is 0.444. The number of aromatic nitrogens is 1. The standard InChI is InChI=1S/C15H16N2OS/c1-9(2)7-11-14(17-18-15(11)16)12-8-19-13-6-4-3-5-10(12)13/h3-6,8-9H,7,16H2,1-2H3. The number of nitrogens with zero attached hydrogens (tertiary/aromatic N) is 1. The molecule has 2 heterocycles. The molecule has 0 aliphatic heterocycles. The zero-order valence-corrected chi connectivity index (χ0v) is 11.8. The van der Waals surface area contributed by atoms with Crippen LogP contribution in [0.5, 0.6) is 0 Å². The van der Waals surface area contributed by atoms with Crippen LogP contribution >= 0.6 is 11.3 Å². The van der Waals surface area contributed by atoms with Gasteiger partial charge in [-0.05, 0) is 18.4 Å². The smallest absolute Gasteiger partial charge is 0.225 e. The van der Waals surface area contributed by atoms with Crippen LogP contribution in [0.15, 0.2) is 34.2 Å². The fourth-order valence-corrected chi connectivity index (χ4v) is 3.25. The Balaban J connectivity index is 2.16. The number of fused-ring (bicyclic) bond motifs is 1. The fraction of sp³-hybridized carbons (Fsp3) is 0.267. The molecule has 0 spiro atoms. The van der Waals surface area contributed by atoms with E-state index in [-0.39, 0.29) is 0 Å². The molecular formula is C15H16N2OS. The number of nitrogens with two attached hydrogens (primary N) is 1. The topological polar surface area (TPSA) is 52.0 Å². The lowest BCUT2D eigenvalue weighted by molar-refractivity contribution is 0.438. The second kappa shape index (κ2) is 4.70. The largest absolute Gasteiger partial charge is 0.367 e. The van der Waals surface area contributed by atoms with Crippen molar-refractivity contribution >= 4 is 27.3 Å². The third-order valence-corrected chi connectivity index (χ3v) is 4.13. The van der Waals surface area contributed by atoms with Crippen molar-refractivity contribution in [1.82, 2.24) is 5.16 Å². The Bertz CT molecular complexity index is 712. The highest BCUT2D eigenvalue weighted by atomic mass is 32.1. The van der Waals surface area contributed by atoms with Crippen LogP contribution in [0.25, 0.3) is 21.3 Å². The number of rotatable bonds is 3. The van der Waals surface area contributed by atoms with Crippen molar-refractivity contribution in [2.75, 3.05) is 5.73 Å². The van der Waals surface area contributed by atoms with Gasteiger partial charge in [0.25, 0.3) is 0 Å². The SMILES string of the molecule is CC(C)Cc1c(-c2csc3ccccc23)noc1N. The zero-order chi connectivity index (χ0) is 13.4. The predicted molar refractivity (Wildman–Crippen MR) is 80.3 cm³/mol. The number of hydrogen-bond acceptors (Lipinski definition) is 4. The van der Waals surface area contributed by atoms with Crippen LogP contribution in [0.2, 0.25) is 0 Å². The van der Waals surface area contributed by atoms with Gasteiger partial charge in [-0.3, -0.25) is 0 Å². The highest BCUT2D eigenvalue weighted by Crippen LogP contribution is 2.37. The average molecular weight is 272 g/mol.